The second kappa shape index (κ2) is 7.20. The molecule has 0 aliphatic carbocycles. The molecule has 0 aliphatic heterocycles. The largest absolute Gasteiger partial charge is 0.506 e. The minimum absolute atomic E-state index is 0.338. The third-order valence-electron chi connectivity index (χ3n) is 2.28. The number of thioether (sulfide) groups is 1. The van der Waals surface area contributed by atoms with Crippen molar-refractivity contribution in [3.05, 3.63) is 28.2 Å². The van der Waals surface area contributed by atoms with Gasteiger partial charge in [0, 0.05) is 23.9 Å². The number of rotatable bonds is 6. The third-order valence-corrected chi connectivity index (χ3v) is 4.07. The Balaban J connectivity index is 2.45. The van der Waals surface area contributed by atoms with E-state index < -0.39 is 0 Å². The van der Waals surface area contributed by atoms with Crippen LogP contribution in [0.2, 0.25) is 0 Å². The van der Waals surface area contributed by atoms with Crippen molar-refractivity contribution < 1.29 is 5.11 Å². The van der Waals surface area contributed by atoms with Crippen molar-refractivity contribution in [2.24, 2.45) is 0 Å². The van der Waals surface area contributed by atoms with E-state index in [-0.39, 0.29) is 0 Å². The van der Waals surface area contributed by atoms with Gasteiger partial charge in [0.15, 0.2) is 0 Å². The molecule has 1 rings (SSSR count). The molecule has 1 atom stereocenters. The van der Waals surface area contributed by atoms with Crippen LogP contribution < -0.4 is 5.32 Å². The molecule has 0 saturated heterocycles. The summed E-state index contributed by atoms with van der Waals surface area (Å²) in [7, 11) is 0. The van der Waals surface area contributed by atoms with Crippen LogP contribution in [0.25, 0.3) is 0 Å². The van der Waals surface area contributed by atoms with Gasteiger partial charge in [0.05, 0.1) is 4.47 Å². The zero-order valence-corrected chi connectivity index (χ0v) is 12.1. The molecule has 0 aliphatic rings. The van der Waals surface area contributed by atoms with Gasteiger partial charge in [0.2, 0.25) is 0 Å². The molecule has 0 amide bonds. The van der Waals surface area contributed by atoms with E-state index >= 15 is 0 Å². The highest BCUT2D eigenvalue weighted by molar-refractivity contribution is 9.10. The van der Waals surface area contributed by atoms with Gasteiger partial charge < -0.3 is 10.4 Å². The molecule has 0 saturated carbocycles. The van der Waals surface area contributed by atoms with Gasteiger partial charge in [-0.15, -0.1) is 0 Å². The molecule has 2 nitrogen and oxygen atoms in total. The highest BCUT2D eigenvalue weighted by atomic mass is 79.9. The van der Waals surface area contributed by atoms with Crippen molar-refractivity contribution in [2.45, 2.75) is 26.4 Å². The molecule has 0 radical (unpaired) electrons. The highest BCUT2D eigenvalue weighted by Crippen LogP contribution is 2.27. The number of para-hydroxylation sites is 1. The summed E-state index contributed by atoms with van der Waals surface area (Å²) in [4.78, 5) is 0. The predicted molar refractivity (Wildman–Crippen MR) is 75.1 cm³/mol. The Morgan fingerprint density at radius 2 is 2.25 bits per heavy atom. The van der Waals surface area contributed by atoms with E-state index in [1.807, 2.05) is 30.0 Å². The molecular weight excluding hydrogens is 286 g/mol. The molecule has 0 aromatic heterocycles. The first-order chi connectivity index (χ1) is 7.65. The van der Waals surface area contributed by atoms with Crippen LogP contribution in [0.15, 0.2) is 22.7 Å². The number of aromatic hydroxyl groups is 1. The molecule has 4 heteroatoms. The number of benzene rings is 1. The summed E-state index contributed by atoms with van der Waals surface area (Å²) in [6, 6.07) is 6.18. The summed E-state index contributed by atoms with van der Waals surface area (Å²) in [5.41, 5.74) is 0.933. The normalized spacial score (nSPS) is 12.7. The van der Waals surface area contributed by atoms with Gasteiger partial charge in [-0.3, -0.25) is 0 Å². The van der Waals surface area contributed by atoms with Crippen molar-refractivity contribution in [1.82, 2.24) is 5.32 Å². The number of hydrogen-bond acceptors (Lipinski definition) is 3. The quantitative estimate of drug-likeness (QED) is 0.845. The molecule has 1 aromatic carbocycles. The Morgan fingerprint density at radius 3 is 2.94 bits per heavy atom. The minimum Gasteiger partial charge on any atom is -0.506 e. The summed E-state index contributed by atoms with van der Waals surface area (Å²) in [5.74, 6) is 2.59. The fourth-order valence-electron chi connectivity index (χ4n) is 1.34. The first-order valence-corrected chi connectivity index (χ1v) is 7.37. The van der Waals surface area contributed by atoms with Gasteiger partial charge >= 0.3 is 0 Å². The molecule has 90 valence electrons. The maximum Gasteiger partial charge on any atom is 0.134 e. The van der Waals surface area contributed by atoms with Gasteiger partial charge in [-0.25, -0.2) is 0 Å². The van der Waals surface area contributed by atoms with Gasteiger partial charge in [0.25, 0.3) is 0 Å². The summed E-state index contributed by atoms with van der Waals surface area (Å²) in [6.45, 7) is 5.03. The SMILES string of the molecule is CCSCC(C)NCc1cccc(Br)c1O. The van der Waals surface area contributed by atoms with Crippen molar-refractivity contribution in [3.63, 3.8) is 0 Å². The van der Waals surface area contributed by atoms with Crippen LogP contribution in [-0.2, 0) is 6.54 Å². The lowest BCUT2D eigenvalue weighted by molar-refractivity contribution is 0.458. The molecule has 0 bridgehead atoms. The number of halogens is 1. The van der Waals surface area contributed by atoms with Crippen molar-refractivity contribution in [1.29, 1.82) is 0 Å². The van der Waals surface area contributed by atoms with Crippen LogP contribution in [0.1, 0.15) is 19.4 Å². The lowest BCUT2D eigenvalue weighted by atomic mass is 10.2. The topological polar surface area (TPSA) is 32.3 Å². The Morgan fingerprint density at radius 1 is 1.50 bits per heavy atom. The standard InChI is InChI=1S/C12H18BrNOS/c1-3-16-8-9(2)14-7-10-5-4-6-11(13)12(10)15/h4-6,9,14-15H,3,7-8H2,1-2H3. The lowest BCUT2D eigenvalue weighted by Gasteiger charge is -2.14. The summed E-state index contributed by atoms with van der Waals surface area (Å²) >= 11 is 5.24. The molecule has 16 heavy (non-hydrogen) atoms. The summed E-state index contributed by atoms with van der Waals surface area (Å²) in [5, 5.41) is 13.2. The fourth-order valence-corrected chi connectivity index (χ4v) is 2.45. The maximum absolute atomic E-state index is 9.79. The van der Waals surface area contributed by atoms with E-state index in [2.05, 4.69) is 35.1 Å². The second-order valence-electron chi connectivity index (χ2n) is 3.69. The molecule has 0 heterocycles. The summed E-state index contributed by atoms with van der Waals surface area (Å²) < 4.78 is 0.752. The van der Waals surface area contributed by atoms with E-state index in [0.29, 0.717) is 18.3 Å². The van der Waals surface area contributed by atoms with Gasteiger partial charge in [0.1, 0.15) is 5.75 Å². The van der Waals surface area contributed by atoms with E-state index in [0.717, 1.165) is 21.5 Å². The van der Waals surface area contributed by atoms with Gasteiger partial charge in [-0.1, -0.05) is 19.1 Å². The van der Waals surface area contributed by atoms with Crippen molar-refractivity contribution in [2.75, 3.05) is 11.5 Å². The van der Waals surface area contributed by atoms with Crippen LogP contribution in [0, 0.1) is 0 Å². The Bertz CT molecular complexity index is 333. The monoisotopic (exact) mass is 303 g/mol. The van der Waals surface area contributed by atoms with Crippen LogP contribution >= 0.6 is 27.7 Å². The van der Waals surface area contributed by atoms with Gasteiger partial charge in [-0.2, -0.15) is 11.8 Å². The average Bonchev–Trinajstić information content (AvgIpc) is 2.28. The van der Waals surface area contributed by atoms with Crippen LogP contribution in [-0.4, -0.2) is 22.7 Å². The molecule has 0 spiro atoms. The Kier molecular flexibility index (Phi) is 6.24. The van der Waals surface area contributed by atoms with Crippen molar-refractivity contribution >= 4 is 27.7 Å². The Hall–Kier alpha value is -0.190. The zero-order chi connectivity index (χ0) is 12.0. The first kappa shape index (κ1) is 13.9. The van der Waals surface area contributed by atoms with E-state index in [9.17, 15) is 5.11 Å². The molecule has 1 aromatic rings. The highest BCUT2D eigenvalue weighted by Gasteiger charge is 2.06. The number of phenolic OH excluding ortho intramolecular Hbond substituents is 1. The van der Waals surface area contributed by atoms with Crippen LogP contribution in [0.4, 0.5) is 0 Å². The zero-order valence-electron chi connectivity index (χ0n) is 9.66. The molecular formula is C12H18BrNOS. The van der Waals surface area contributed by atoms with Crippen LogP contribution in [0.3, 0.4) is 0 Å². The third kappa shape index (κ3) is 4.36. The number of phenols is 1. The predicted octanol–water partition coefficient (Wildman–Crippen LogP) is 3.39. The van der Waals surface area contributed by atoms with Crippen LogP contribution in [0.5, 0.6) is 5.75 Å². The number of hydrogen-bond donors (Lipinski definition) is 2. The lowest BCUT2D eigenvalue weighted by Crippen LogP contribution is -2.27. The van der Waals surface area contributed by atoms with Crippen molar-refractivity contribution in [3.8, 4) is 5.75 Å². The Labute approximate surface area is 110 Å². The number of nitrogens with one attached hydrogen (secondary N) is 1. The van der Waals surface area contributed by atoms with Gasteiger partial charge in [-0.05, 0) is 34.7 Å². The van der Waals surface area contributed by atoms with E-state index in [1.54, 1.807) is 0 Å². The smallest absolute Gasteiger partial charge is 0.134 e. The average molecular weight is 304 g/mol. The van der Waals surface area contributed by atoms with E-state index in [1.165, 1.54) is 0 Å². The first-order valence-electron chi connectivity index (χ1n) is 5.42. The summed E-state index contributed by atoms with van der Waals surface area (Å²) in [6.07, 6.45) is 0. The minimum atomic E-state index is 0.338. The molecule has 1 unspecified atom stereocenters. The maximum atomic E-state index is 9.79. The molecule has 0 fully saturated rings. The second-order valence-corrected chi connectivity index (χ2v) is 5.86. The fraction of sp³-hybridized carbons (Fsp3) is 0.500. The molecule has 2 N–H and O–H groups in total. The van der Waals surface area contributed by atoms with E-state index in [4.69, 9.17) is 0 Å².